The summed E-state index contributed by atoms with van der Waals surface area (Å²) in [4.78, 5) is 13.5. The van der Waals surface area contributed by atoms with E-state index >= 15 is 0 Å². The van der Waals surface area contributed by atoms with Crippen molar-refractivity contribution in [1.29, 1.82) is 0 Å². The van der Waals surface area contributed by atoms with Gasteiger partial charge < -0.3 is 10.6 Å². The first-order valence-electron chi connectivity index (χ1n) is 5.26. The summed E-state index contributed by atoms with van der Waals surface area (Å²) in [6, 6.07) is 7.67. The number of benzene rings is 1. The number of hydrogen-bond acceptors (Lipinski definition) is 2. The van der Waals surface area contributed by atoms with Crippen molar-refractivity contribution >= 4 is 27.5 Å². The molecule has 1 aromatic rings. The molecule has 0 fully saturated rings. The van der Waals surface area contributed by atoms with Crippen LogP contribution in [0.1, 0.15) is 13.3 Å². The van der Waals surface area contributed by atoms with Crippen molar-refractivity contribution in [2.75, 3.05) is 18.5 Å². The molecule has 1 amide bonds. The van der Waals surface area contributed by atoms with Crippen molar-refractivity contribution in [3.05, 3.63) is 28.7 Å². The molecule has 0 aromatic heterocycles. The van der Waals surface area contributed by atoms with Crippen LogP contribution in [0.2, 0.25) is 0 Å². The molecule has 0 spiro atoms. The van der Waals surface area contributed by atoms with Gasteiger partial charge in [0.1, 0.15) is 0 Å². The fourth-order valence-electron chi connectivity index (χ4n) is 1.33. The SMILES string of the molecule is CC(CN)CC(=O)N(C)c1ccc(Br)cc1. The molecular formula is C12H17BrN2O. The molecule has 0 heterocycles. The van der Waals surface area contributed by atoms with Gasteiger partial charge in [0.2, 0.25) is 5.91 Å². The van der Waals surface area contributed by atoms with Crippen molar-refractivity contribution in [2.45, 2.75) is 13.3 Å². The zero-order valence-electron chi connectivity index (χ0n) is 9.61. The average molecular weight is 285 g/mol. The smallest absolute Gasteiger partial charge is 0.227 e. The second-order valence-corrected chi connectivity index (χ2v) is 4.89. The van der Waals surface area contributed by atoms with Crippen LogP contribution >= 0.6 is 15.9 Å². The van der Waals surface area contributed by atoms with Crippen molar-refractivity contribution in [3.63, 3.8) is 0 Å². The standard InChI is InChI=1S/C12H17BrN2O/c1-9(8-14)7-12(16)15(2)11-5-3-10(13)4-6-11/h3-6,9H,7-8,14H2,1-2H3. The number of anilines is 1. The third-order valence-corrected chi connectivity index (χ3v) is 3.04. The Balaban J connectivity index is 2.66. The van der Waals surface area contributed by atoms with E-state index in [0.29, 0.717) is 13.0 Å². The number of nitrogens with two attached hydrogens (primary N) is 1. The maximum Gasteiger partial charge on any atom is 0.227 e. The highest BCUT2D eigenvalue weighted by Crippen LogP contribution is 2.18. The molecule has 0 bridgehead atoms. The van der Waals surface area contributed by atoms with E-state index in [9.17, 15) is 4.79 Å². The molecule has 1 aromatic carbocycles. The lowest BCUT2D eigenvalue weighted by atomic mass is 10.1. The van der Waals surface area contributed by atoms with E-state index in [1.807, 2.05) is 31.2 Å². The van der Waals surface area contributed by atoms with Gasteiger partial charge >= 0.3 is 0 Å². The molecule has 88 valence electrons. The number of carbonyl (C=O) groups excluding carboxylic acids is 1. The number of amides is 1. The Hall–Kier alpha value is -0.870. The summed E-state index contributed by atoms with van der Waals surface area (Å²) >= 11 is 3.36. The van der Waals surface area contributed by atoms with Crippen LogP contribution in [0.4, 0.5) is 5.69 Å². The Bertz CT molecular complexity index is 351. The Morgan fingerprint density at radius 1 is 1.44 bits per heavy atom. The van der Waals surface area contributed by atoms with Gasteiger partial charge in [0.25, 0.3) is 0 Å². The topological polar surface area (TPSA) is 46.3 Å². The van der Waals surface area contributed by atoms with Gasteiger partial charge in [-0.15, -0.1) is 0 Å². The zero-order valence-corrected chi connectivity index (χ0v) is 11.2. The summed E-state index contributed by atoms with van der Waals surface area (Å²) in [6.07, 6.45) is 0.489. The maximum atomic E-state index is 11.9. The van der Waals surface area contributed by atoms with Crippen LogP contribution in [0.15, 0.2) is 28.7 Å². The maximum absolute atomic E-state index is 11.9. The Kier molecular flexibility index (Phi) is 4.96. The summed E-state index contributed by atoms with van der Waals surface area (Å²) in [7, 11) is 1.79. The van der Waals surface area contributed by atoms with Crippen LogP contribution in [-0.2, 0) is 4.79 Å². The fourth-order valence-corrected chi connectivity index (χ4v) is 1.59. The van der Waals surface area contributed by atoms with Gasteiger partial charge in [0.15, 0.2) is 0 Å². The van der Waals surface area contributed by atoms with E-state index < -0.39 is 0 Å². The summed E-state index contributed by atoms with van der Waals surface area (Å²) in [6.45, 7) is 2.52. The van der Waals surface area contributed by atoms with Gasteiger partial charge in [0.05, 0.1) is 0 Å². The third kappa shape index (κ3) is 3.61. The Labute approximate surface area is 105 Å². The minimum absolute atomic E-state index is 0.0975. The summed E-state index contributed by atoms with van der Waals surface area (Å²) in [5.41, 5.74) is 6.40. The van der Waals surface area contributed by atoms with Gasteiger partial charge in [-0.2, -0.15) is 0 Å². The fraction of sp³-hybridized carbons (Fsp3) is 0.417. The van der Waals surface area contributed by atoms with Crippen LogP contribution in [-0.4, -0.2) is 19.5 Å². The summed E-state index contributed by atoms with van der Waals surface area (Å²) in [5.74, 6) is 0.325. The van der Waals surface area contributed by atoms with Crippen molar-refractivity contribution < 1.29 is 4.79 Å². The highest BCUT2D eigenvalue weighted by Gasteiger charge is 2.13. The first-order valence-corrected chi connectivity index (χ1v) is 6.06. The molecule has 1 rings (SSSR count). The molecule has 0 aliphatic rings. The molecule has 1 unspecified atom stereocenters. The van der Waals surface area contributed by atoms with Gasteiger partial charge in [-0.25, -0.2) is 0 Å². The average Bonchev–Trinajstić information content (AvgIpc) is 2.28. The van der Waals surface area contributed by atoms with Crippen molar-refractivity contribution in [3.8, 4) is 0 Å². The van der Waals surface area contributed by atoms with E-state index in [-0.39, 0.29) is 11.8 Å². The second kappa shape index (κ2) is 6.01. The molecule has 4 heteroatoms. The minimum Gasteiger partial charge on any atom is -0.330 e. The van der Waals surface area contributed by atoms with Crippen LogP contribution < -0.4 is 10.6 Å². The zero-order chi connectivity index (χ0) is 12.1. The monoisotopic (exact) mass is 284 g/mol. The Morgan fingerprint density at radius 3 is 2.50 bits per heavy atom. The van der Waals surface area contributed by atoms with Gasteiger partial charge in [-0.1, -0.05) is 22.9 Å². The molecule has 3 nitrogen and oxygen atoms in total. The number of halogens is 1. The first kappa shape index (κ1) is 13.2. The molecule has 0 saturated heterocycles. The molecular weight excluding hydrogens is 268 g/mol. The lowest BCUT2D eigenvalue weighted by Gasteiger charge is -2.19. The molecule has 0 radical (unpaired) electrons. The molecule has 1 atom stereocenters. The van der Waals surface area contributed by atoms with Crippen LogP contribution in [0.5, 0.6) is 0 Å². The van der Waals surface area contributed by atoms with E-state index in [1.165, 1.54) is 0 Å². The summed E-state index contributed by atoms with van der Waals surface area (Å²) < 4.78 is 1.01. The van der Waals surface area contributed by atoms with Crippen molar-refractivity contribution in [2.24, 2.45) is 11.7 Å². The number of rotatable bonds is 4. The number of carbonyl (C=O) groups is 1. The highest BCUT2D eigenvalue weighted by atomic mass is 79.9. The Morgan fingerprint density at radius 2 is 2.00 bits per heavy atom. The van der Waals surface area contributed by atoms with Gasteiger partial charge in [-0.3, -0.25) is 4.79 Å². The summed E-state index contributed by atoms with van der Waals surface area (Å²) in [5, 5.41) is 0. The largest absolute Gasteiger partial charge is 0.330 e. The molecule has 0 aliphatic carbocycles. The first-order chi connectivity index (χ1) is 7.54. The normalized spacial score (nSPS) is 12.2. The van der Waals surface area contributed by atoms with Crippen molar-refractivity contribution in [1.82, 2.24) is 0 Å². The van der Waals surface area contributed by atoms with E-state index in [1.54, 1.807) is 11.9 Å². The predicted octanol–water partition coefficient (Wildman–Crippen LogP) is 2.40. The van der Waals surface area contributed by atoms with E-state index in [0.717, 1.165) is 10.2 Å². The van der Waals surface area contributed by atoms with Crippen LogP contribution in [0.3, 0.4) is 0 Å². The second-order valence-electron chi connectivity index (χ2n) is 3.97. The lowest BCUT2D eigenvalue weighted by Crippen LogP contribution is -2.29. The van der Waals surface area contributed by atoms with Gasteiger partial charge in [0, 0.05) is 23.6 Å². The van der Waals surface area contributed by atoms with E-state index in [4.69, 9.17) is 5.73 Å². The van der Waals surface area contributed by atoms with Gasteiger partial charge in [-0.05, 0) is 36.7 Å². The molecule has 0 saturated carbocycles. The predicted molar refractivity (Wildman–Crippen MR) is 70.4 cm³/mol. The van der Waals surface area contributed by atoms with E-state index in [2.05, 4.69) is 15.9 Å². The molecule has 16 heavy (non-hydrogen) atoms. The molecule has 2 N–H and O–H groups in total. The number of hydrogen-bond donors (Lipinski definition) is 1. The number of nitrogens with zero attached hydrogens (tertiary/aromatic N) is 1. The lowest BCUT2D eigenvalue weighted by molar-refractivity contribution is -0.119. The third-order valence-electron chi connectivity index (χ3n) is 2.51. The van der Waals surface area contributed by atoms with Crippen LogP contribution in [0, 0.1) is 5.92 Å². The highest BCUT2D eigenvalue weighted by molar-refractivity contribution is 9.10. The van der Waals surface area contributed by atoms with Crippen LogP contribution in [0.25, 0.3) is 0 Å². The molecule has 0 aliphatic heterocycles. The quantitative estimate of drug-likeness (QED) is 0.923. The minimum atomic E-state index is 0.0975.